The number of furan rings is 1. The number of rotatable bonds is 6. The molecule has 1 aromatic rings. The third-order valence-electron chi connectivity index (χ3n) is 4.59. The second-order valence-electron chi connectivity index (χ2n) is 6.21. The van der Waals surface area contributed by atoms with Crippen LogP contribution in [0.25, 0.3) is 0 Å². The largest absolute Gasteiger partial charge is 0.472 e. The van der Waals surface area contributed by atoms with Gasteiger partial charge in [0, 0.05) is 17.6 Å². The van der Waals surface area contributed by atoms with Gasteiger partial charge in [-0.25, -0.2) is 0 Å². The number of nitrogens with two attached hydrogens (primary N) is 1. The monoisotopic (exact) mass is 278 g/mol. The summed E-state index contributed by atoms with van der Waals surface area (Å²) in [6, 6.07) is 2.85. The summed E-state index contributed by atoms with van der Waals surface area (Å²) in [6.07, 6.45) is 13.8. The van der Waals surface area contributed by atoms with Crippen molar-refractivity contribution in [1.29, 1.82) is 0 Å². The first-order valence-electron chi connectivity index (χ1n) is 8.32. The fraction of sp³-hybridized carbons (Fsp3) is 0.765. The van der Waals surface area contributed by atoms with Gasteiger partial charge in [0.2, 0.25) is 0 Å². The van der Waals surface area contributed by atoms with Crippen molar-refractivity contribution < 1.29 is 4.42 Å². The zero-order chi connectivity index (χ0) is 14.2. The van der Waals surface area contributed by atoms with Crippen molar-refractivity contribution in [3.8, 4) is 0 Å². The molecule has 3 atom stereocenters. The van der Waals surface area contributed by atoms with E-state index in [2.05, 4.69) is 18.3 Å². The molecule has 2 rings (SSSR count). The molecule has 3 N–H and O–H groups in total. The summed E-state index contributed by atoms with van der Waals surface area (Å²) in [4.78, 5) is 0. The zero-order valence-corrected chi connectivity index (χ0v) is 12.8. The lowest BCUT2D eigenvalue weighted by atomic mass is 9.82. The van der Waals surface area contributed by atoms with Gasteiger partial charge in [0.1, 0.15) is 0 Å². The predicted molar refractivity (Wildman–Crippen MR) is 83.5 cm³/mol. The van der Waals surface area contributed by atoms with Crippen LogP contribution < -0.4 is 11.1 Å². The van der Waals surface area contributed by atoms with Crippen LogP contribution in [0.2, 0.25) is 0 Å². The molecule has 3 unspecified atom stereocenters. The minimum atomic E-state index is 0.369. The van der Waals surface area contributed by atoms with Crippen molar-refractivity contribution in [1.82, 2.24) is 5.32 Å². The second-order valence-corrected chi connectivity index (χ2v) is 6.21. The van der Waals surface area contributed by atoms with Crippen LogP contribution in [0.1, 0.15) is 69.9 Å². The highest BCUT2D eigenvalue weighted by Gasteiger charge is 2.24. The summed E-state index contributed by atoms with van der Waals surface area (Å²) in [5, 5.41) is 3.66. The quantitative estimate of drug-likeness (QED) is 0.826. The SMILES string of the molecule is CCCNC(CC1CCCCCCC1N)c1ccoc1. The summed E-state index contributed by atoms with van der Waals surface area (Å²) < 4.78 is 5.26. The third-order valence-corrected chi connectivity index (χ3v) is 4.59. The Morgan fingerprint density at radius 2 is 2.10 bits per heavy atom. The van der Waals surface area contributed by atoms with Crippen molar-refractivity contribution in [3.63, 3.8) is 0 Å². The maximum atomic E-state index is 6.43. The Hall–Kier alpha value is -0.800. The van der Waals surface area contributed by atoms with Gasteiger partial charge in [0.15, 0.2) is 0 Å². The molecule has 3 heteroatoms. The van der Waals surface area contributed by atoms with E-state index < -0.39 is 0 Å². The minimum absolute atomic E-state index is 0.369. The Kier molecular flexibility index (Phi) is 6.61. The summed E-state index contributed by atoms with van der Waals surface area (Å²) in [5.74, 6) is 0.638. The van der Waals surface area contributed by atoms with Crippen LogP contribution >= 0.6 is 0 Å². The van der Waals surface area contributed by atoms with Gasteiger partial charge in [-0.3, -0.25) is 0 Å². The van der Waals surface area contributed by atoms with Crippen molar-refractivity contribution >= 4 is 0 Å². The Balaban J connectivity index is 1.97. The molecule has 0 radical (unpaired) electrons. The molecular weight excluding hydrogens is 248 g/mol. The molecular formula is C17H30N2O. The molecule has 0 aromatic carbocycles. The van der Waals surface area contributed by atoms with E-state index in [0.717, 1.165) is 19.4 Å². The zero-order valence-electron chi connectivity index (χ0n) is 12.8. The predicted octanol–water partition coefficient (Wildman–Crippen LogP) is 4.01. The molecule has 0 aliphatic heterocycles. The number of nitrogens with one attached hydrogen (secondary N) is 1. The standard InChI is InChI=1S/C17H30N2O/c1-2-10-19-17(15-9-11-20-13-15)12-14-7-5-3-4-6-8-16(14)18/h9,11,13-14,16-17,19H,2-8,10,12,18H2,1H3. The molecule has 0 saturated heterocycles. The molecule has 114 valence electrons. The van der Waals surface area contributed by atoms with Crippen LogP contribution in [0.3, 0.4) is 0 Å². The lowest BCUT2D eigenvalue weighted by Crippen LogP contribution is -2.34. The molecule has 3 nitrogen and oxygen atoms in total. The highest BCUT2D eigenvalue weighted by atomic mass is 16.3. The molecule has 1 aliphatic carbocycles. The summed E-state index contributed by atoms with van der Waals surface area (Å²) in [6.45, 7) is 3.26. The number of hydrogen-bond acceptors (Lipinski definition) is 3. The number of hydrogen-bond donors (Lipinski definition) is 2. The smallest absolute Gasteiger partial charge is 0.0950 e. The molecule has 20 heavy (non-hydrogen) atoms. The third kappa shape index (κ3) is 4.64. The molecule has 1 aromatic heterocycles. The molecule has 1 fully saturated rings. The van der Waals surface area contributed by atoms with E-state index in [9.17, 15) is 0 Å². The lowest BCUT2D eigenvalue weighted by Gasteiger charge is -2.30. The minimum Gasteiger partial charge on any atom is -0.472 e. The average Bonchev–Trinajstić information content (AvgIpc) is 2.96. The second kappa shape index (κ2) is 8.48. The van der Waals surface area contributed by atoms with Gasteiger partial charge in [0.25, 0.3) is 0 Å². The van der Waals surface area contributed by atoms with Gasteiger partial charge >= 0.3 is 0 Å². The van der Waals surface area contributed by atoms with Crippen molar-refractivity contribution in [2.45, 2.75) is 70.4 Å². The van der Waals surface area contributed by atoms with Gasteiger partial charge in [0.05, 0.1) is 12.5 Å². The van der Waals surface area contributed by atoms with Crippen LogP contribution in [-0.4, -0.2) is 12.6 Å². The first-order valence-corrected chi connectivity index (χ1v) is 8.32. The maximum absolute atomic E-state index is 6.43. The Morgan fingerprint density at radius 3 is 2.80 bits per heavy atom. The molecule has 1 heterocycles. The molecule has 1 saturated carbocycles. The van der Waals surface area contributed by atoms with Crippen LogP contribution in [0.5, 0.6) is 0 Å². The summed E-state index contributed by atoms with van der Waals surface area (Å²) in [5.41, 5.74) is 7.70. The fourth-order valence-corrected chi connectivity index (χ4v) is 3.31. The highest BCUT2D eigenvalue weighted by Crippen LogP contribution is 2.30. The molecule has 1 aliphatic rings. The van der Waals surface area contributed by atoms with Crippen LogP contribution in [-0.2, 0) is 0 Å². The van der Waals surface area contributed by atoms with Crippen molar-refractivity contribution in [3.05, 3.63) is 24.2 Å². The first kappa shape index (κ1) is 15.6. The first-order chi connectivity index (χ1) is 9.81. The molecule has 0 amide bonds. The fourth-order valence-electron chi connectivity index (χ4n) is 3.31. The van der Waals surface area contributed by atoms with Crippen molar-refractivity contribution in [2.24, 2.45) is 11.7 Å². The molecule has 0 bridgehead atoms. The van der Waals surface area contributed by atoms with Gasteiger partial charge < -0.3 is 15.5 Å². The van der Waals surface area contributed by atoms with Crippen LogP contribution in [0, 0.1) is 5.92 Å². The van der Waals surface area contributed by atoms with E-state index in [0.29, 0.717) is 18.0 Å². The van der Waals surface area contributed by atoms with Crippen molar-refractivity contribution in [2.75, 3.05) is 6.54 Å². The molecule has 0 spiro atoms. The van der Waals surface area contributed by atoms with E-state index >= 15 is 0 Å². The van der Waals surface area contributed by atoms with Gasteiger partial charge in [-0.05, 0) is 44.2 Å². The average molecular weight is 278 g/mol. The Morgan fingerprint density at radius 1 is 1.30 bits per heavy atom. The van der Waals surface area contributed by atoms with Crippen LogP contribution in [0.15, 0.2) is 23.0 Å². The highest BCUT2D eigenvalue weighted by molar-refractivity contribution is 5.12. The topological polar surface area (TPSA) is 51.2 Å². The van der Waals surface area contributed by atoms with E-state index in [4.69, 9.17) is 10.2 Å². The van der Waals surface area contributed by atoms with Gasteiger partial charge in [-0.1, -0.05) is 32.6 Å². The maximum Gasteiger partial charge on any atom is 0.0950 e. The van der Waals surface area contributed by atoms with Crippen LogP contribution in [0.4, 0.5) is 0 Å². The summed E-state index contributed by atoms with van der Waals surface area (Å²) >= 11 is 0. The Bertz CT molecular complexity index is 350. The van der Waals surface area contributed by atoms with Gasteiger partial charge in [-0.2, -0.15) is 0 Å². The van der Waals surface area contributed by atoms with E-state index in [1.807, 2.05) is 6.26 Å². The van der Waals surface area contributed by atoms with E-state index in [-0.39, 0.29) is 0 Å². The van der Waals surface area contributed by atoms with E-state index in [1.54, 1.807) is 6.26 Å². The summed E-state index contributed by atoms with van der Waals surface area (Å²) in [7, 11) is 0. The normalized spacial score (nSPS) is 25.9. The lowest BCUT2D eigenvalue weighted by molar-refractivity contribution is 0.280. The van der Waals surface area contributed by atoms with E-state index in [1.165, 1.54) is 44.1 Å². The van der Waals surface area contributed by atoms with Gasteiger partial charge in [-0.15, -0.1) is 0 Å². The Labute approximate surface area is 123 Å².